The van der Waals surface area contributed by atoms with Gasteiger partial charge in [-0.05, 0) is 6.07 Å². The number of nitrogens with zero attached hydrogens (tertiary/aromatic N) is 1. The van der Waals surface area contributed by atoms with Crippen molar-refractivity contribution in [2.45, 2.75) is 31.0 Å². The highest BCUT2D eigenvalue weighted by Gasteiger charge is 2.47. The number of halogens is 3. The van der Waals surface area contributed by atoms with E-state index in [9.17, 15) is 28.4 Å². The number of hydrogen-bond acceptors (Lipinski definition) is 4. The number of alkyl halides is 2. The third kappa shape index (κ3) is 2.95. The van der Waals surface area contributed by atoms with E-state index >= 15 is 0 Å². The van der Waals surface area contributed by atoms with Gasteiger partial charge in [0.05, 0.1) is 23.5 Å². The van der Waals surface area contributed by atoms with Gasteiger partial charge < -0.3 is 9.84 Å². The fourth-order valence-electron chi connectivity index (χ4n) is 1.93. The van der Waals surface area contributed by atoms with E-state index in [1.807, 2.05) is 0 Å². The molecular formula is C11H10F3NO4. The van der Waals surface area contributed by atoms with Gasteiger partial charge in [-0.15, -0.1) is 0 Å². The summed E-state index contributed by atoms with van der Waals surface area (Å²) in [6.07, 6.45) is -4.09. The SMILES string of the molecule is O=[N+]([O-])c1ccc(OC2CC(F)(F)CC2O)c(F)c1. The number of ether oxygens (including phenoxy) is 1. The summed E-state index contributed by atoms with van der Waals surface area (Å²) in [6, 6.07) is 2.61. The average molecular weight is 277 g/mol. The summed E-state index contributed by atoms with van der Waals surface area (Å²) in [5.41, 5.74) is -0.470. The summed E-state index contributed by atoms with van der Waals surface area (Å²) in [6.45, 7) is 0. The Hall–Kier alpha value is -1.83. The van der Waals surface area contributed by atoms with Crippen LogP contribution in [0, 0.1) is 15.9 Å². The van der Waals surface area contributed by atoms with E-state index in [0.717, 1.165) is 12.1 Å². The number of hydrogen-bond donors (Lipinski definition) is 1. The Morgan fingerprint density at radius 3 is 2.58 bits per heavy atom. The summed E-state index contributed by atoms with van der Waals surface area (Å²) in [5.74, 6) is -4.48. The van der Waals surface area contributed by atoms with Crippen molar-refractivity contribution in [1.82, 2.24) is 0 Å². The van der Waals surface area contributed by atoms with Crippen LogP contribution in [0.15, 0.2) is 18.2 Å². The minimum atomic E-state index is -3.05. The van der Waals surface area contributed by atoms with Crippen LogP contribution in [0.3, 0.4) is 0 Å². The average Bonchev–Trinajstić information content (AvgIpc) is 2.54. The molecule has 8 heteroatoms. The van der Waals surface area contributed by atoms with E-state index in [4.69, 9.17) is 4.74 Å². The number of non-ortho nitro benzene ring substituents is 1. The first-order valence-corrected chi connectivity index (χ1v) is 5.45. The van der Waals surface area contributed by atoms with Crippen molar-refractivity contribution < 1.29 is 27.9 Å². The van der Waals surface area contributed by atoms with Crippen LogP contribution in [0.4, 0.5) is 18.9 Å². The lowest BCUT2D eigenvalue weighted by Gasteiger charge is -2.16. The molecule has 104 valence electrons. The standard InChI is InChI=1S/C11H10F3NO4/c12-7-3-6(15(17)18)1-2-9(7)19-10-5-11(13,14)4-8(10)16/h1-3,8,10,16H,4-5H2. The number of nitro benzene ring substituents is 1. The third-order valence-corrected chi connectivity index (χ3v) is 2.84. The Balaban J connectivity index is 2.14. The Kier molecular flexibility index (Phi) is 3.36. The van der Waals surface area contributed by atoms with Crippen molar-refractivity contribution in [2.24, 2.45) is 0 Å². The van der Waals surface area contributed by atoms with Crippen molar-refractivity contribution in [2.75, 3.05) is 0 Å². The Morgan fingerprint density at radius 2 is 2.11 bits per heavy atom. The molecule has 1 N–H and O–H groups in total. The second kappa shape index (κ2) is 4.69. The van der Waals surface area contributed by atoms with Crippen LogP contribution in [0.5, 0.6) is 5.75 Å². The lowest BCUT2D eigenvalue weighted by atomic mass is 10.2. The van der Waals surface area contributed by atoms with E-state index in [1.54, 1.807) is 0 Å². The summed E-state index contributed by atoms with van der Waals surface area (Å²) in [5, 5.41) is 19.8. The van der Waals surface area contributed by atoms with E-state index in [-0.39, 0.29) is 0 Å². The molecule has 2 rings (SSSR count). The van der Waals surface area contributed by atoms with E-state index in [2.05, 4.69) is 0 Å². The summed E-state index contributed by atoms with van der Waals surface area (Å²) in [7, 11) is 0. The quantitative estimate of drug-likeness (QED) is 0.679. The molecule has 1 aliphatic carbocycles. The first kappa shape index (κ1) is 13.6. The fraction of sp³-hybridized carbons (Fsp3) is 0.455. The van der Waals surface area contributed by atoms with Crippen molar-refractivity contribution in [3.05, 3.63) is 34.1 Å². The second-order valence-corrected chi connectivity index (χ2v) is 4.36. The molecule has 1 aliphatic rings. The lowest BCUT2D eigenvalue weighted by Crippen LogP contribution is -2.26. The molecule has 1 fully saturated rings. The summed E-state index contributed by atoms with van der Waals surface area (Å²) in [4.78, 5) is 9.62. The number of aliphatic hydroxyl groups is 1. The van der Waals surface area contributed by atoms with Crippen LogP contribution in [0.25, 0.3) is 0 Å². The number of nitro groups is 1. The summed E-state index contributed by atoms with van der Waals surface area (Å²) < 4.78 is 44.4. The molecule has 0 aromatic heterocycles. The molecule has 0 saturated heterocycles. The number of aliphatic hydroxyl groups excluding tert-OH is 1. The molecule has 0 bridgehead atoms. The van der Waals surface area contributed by atoms with Crippen molar-refractivity contribution in [3.63, 3.8) is 0 Å². The van der Waals surface area contributed by atoms with Crippen LogP contribution in [0.1, 0.15) is 12.8 Å². The van der Waals surface area contributed by atoms with Gasteiger partial charge in [-0.3, -0.25) is 10.1 Å². The third-order valence-electron chi connectivity index (χ3n) is 2.84. The zero-order valence-corrected chi connectivity index (χ0v) is 9.55. The first-order valence-electron chi connectivity index (χ1n) is 5.45. The van der Waals surface area contributed by atoms with E-state index in [0.29, 0.717) is 6.07 Å². The highest BCUT2D eigenvalue weighted by molar-refractivity contribution is 5.37. The largest absolute Gasteiger partial charge is 0.484 e. The molecule has 2 unspecified atom stereocenters. The van der Waals surface area contributed by atoms with Crippen LogP contribution in [-0.2, 0) is 0 Å². The predicted octanol–water partition coefficient (Wildman–Crippen LogP) is 2.27. The fourth-order valence-corrected chi connectivity index (χ4v) is 1.93. The molecule has 1 aromatic rings. The number of rotatable bonds is 3. The normalized spacial score (nSPS) is 25.3. The smallest absolute Gasteiger partial charge is 0.272 e. The Bertz CT molecular complexity index is 509. The maximum Gasteiger partial charge on any atom is 0.272 e. The zero-order chi connectivity index (χ0) is 14.2. The van der Waals surface area contributed by atoms with Gasteiger partial charge in [0.2, 0.25) is 0 Å². The topological polar surface area (TPSA) is 72.6 Å². The molecule has 1 aromatic carbocycles. The Morgan fingerprint density at radius 1 is 1.42 bits per heavy atom. The molecule has 5 nitrogen and oxygen atoms in total. The maximum absolute atomic E-state index is 13.5. The molecule has 19 heavy (non-hydrogen) atoms. The molecule has 0 spiro atoms. The minimum Gasteiger partial charge on any atom is -0.484 e. The number of benzene rings is 1. The highest BCUT2D eigenvalue weighted by Crippen LogP contribution is 2.37. The van der Waals surface area contributed by atoms with Gasteiger partial charge >= 0.3 is 0 Å². The van der Waals surface area contributed by atoms with Crippen molar-refractivity contribution in [3.8, 4) is 5.75 Å². The van der Waals surface area contributed by atoms with Gasteiger partial charge in [0.25, 0.3) is 11.6 Å². The lowest BCUT2D eigenvalue weighted by molar-refractivity contribution is -0.385. The van der Waals surface area contributed by atoms with Gasteiger partial charge in [-0.2, -0.15) is 0 Å². The molecule has 0 amide bonds. The van der Waals surface area contributed by atoms with Gasteiger partial charge in [-0.1, -0.05) is 0 Å². The van der Waals surface area contributed by atoms with E-state index in [1.165, 1.54) is 0 Å². The van der Waals surface area contributed by atoms with Crippen LogP contribution in [-0.4, -0.2) is 28.2 Å². The van der Waals surface area contributed by atoms with Gasteiger partial charge in [0.15, 0.2) is 11.6 Å². The van der Waals surface area contributed by atoms with E-state index < -0.39 is 53.1 Å². The van der Waals surface area contributed by atoms with Crippen LogP contribution in [0.2, 0.25) is 0 Å². The van der Waals surface area contributed by atoms with Gasteiger partial charge in [0.1, 0.15) is 6.10 Å². The monoisotopic (exact) mass is 277 g/mol. The molecule has 1 saturated carbocycles. The first-order chi connectivity index (χ1) is 8.78. The van der Waals surface area contributed by atoms with Crippen LogP contribution < -0.4 is 4.74 Å². The maximum atomic E-state index is 13.5. The van der Waals surface area contributed by atoms with Crippen molar-refractivity contribution in [1.29, 1.82) is 0 Å². The van der Waals surface area contributed by atoms with Gasteiger partial charge in [0, 0.05) is 12.5 Å². The summed E-state index contributed by atoms with van der Waals surface area (Å²) >= 11 is 0. The predicted molar refractivity (Wildman–Crippen MR) is 57.7 cm³/mol. The van der Waals surface area contributed by atoms with Gasteiger partial charge in [-0.25, -0.2) is 13.2 Å². The molecule has 2 atom stereocenters. The Labute approximate surface area is 105 Å². The second-order valence-electron chi connectivity index (χ2n) is 4.36. The molecular weight excluding hydrogens is 267 g/mol. The molecule has 0 radical (unpaired) electrons. The molecule has 0 heterocycles. The van der Waals surface area contributed by atoms with Crippen LogP contribution >= 0.6 is 0 Å². The minimum absolute atomic E-state index is 0.396. The zero-order valence-electron chi connectivity index (χ0n) is 9.55. The van der Waals surface area contributed by atoms with Crippen molar-refractivity contribution >= 4 is 5.69 Å². The highest BCUT2D eigenvalue weighted by atomic mass is 19.3. The molecule has 0 aliphatic heterocycles.